The Hall–Kier alpha value is -1.05. The van der Waals surface area contributed by atoms with Gasteiger partial charge in [0.1, 0.15) is 6.10 Å². The number of hydrogen-bond acceptors (Lipinski definition) is 6. The summed E-state index contributed by atoms with van der Waals surface area (Å²) in [7, 11) is 0. The van der Waals surface area contributed by atoms with E-state index in [0.29, 0.717) is 31.3 Å². The molecule has 0 heterocycles. The van der Waals surface area contributed by atoms with E-state index in [0.717, 1.165) is 0 Å². The number of fused-ring (bicyclic) bond motifs is 5. The highest BCUT2D eigenvalue weighted by atomic mass is 16.4. The van der Waals surface area contributed by atoms with Crippen LogP contribution in [-0.4, -0.2) is 61.3 Å². The number of carbonyl (C=O) groups excluding carboxylic acids is 1. The summed E-state index contributed by atoms with van der Waals surface area (Å²) in [6.45, 7) is 5.06. The molecule has 0 aromatic carbocycles. The van der Waals surface area contributed by atoms with E-state index in [9.17, 15) is 30.3 Å². The molecule has 9 atom stereocenters. The zero-order valence-electron chi connectivity index (χ0n) is 16.8. The summed E-state index contributed by atoms with van der Waals surface area (Å²) in [5.74, 6) is -0.427. The van der Waals surface area contributed by atoms with Crippen LogP contribution in [0.1, 0.15) is 46.5 Å². The topological polar surface area (TPSA) is 118 Å². The largest absolute Gasteiger partial charge is 0.394 e. The SMILES string of the molecule is C[C@]12C=CC(=O)C=C1[C@](C)(O)C[C@@H]1[C@@H]2[C@@H](O)C[C@@]2(C)[C@H]1CC[C@]2(O)[C@H](O)CO. The molecule has 0 aromatic rings. The Morgan fingerprint density at radius 1 is 1.21 bits per heavy atom. The molecular formula is C22H32O6. The second-order valence-corrected chi connectivity index (χ2v) is 10.2. The molecule has 3 fully saturated rings. The van der Waals surface area contributed by atoms with E-state index < -0.39 is 40.8 Å². The average molecular weight is 392 g/mol. The molecule has 5 N–H and O–H groups in total. The fraction of sp³-hybridized carbons (Fsp3) is 0.773. The van der Waals surface area contributed by atoms with Crippen LogP contribution in [0.3, 0.4) is 0 Å². The third kappa shape index (κ3) is 2.36. The molecule has 0 aromatic heterocycles. The minimum atomic E-state index is -1.47. The van der Waals surface area contributed by atoms with Crippen molar-refractivity contribution in [2.24, 2.45) is 28.6 Å². The first-order chi connectivity index (χ1) is 12.9. The van der Waals surface area contributed by atoms with Gasteiger partial charge in [0.15, 0.2) is 5.78 Å². The first-order valence-corrected chi connectivity index (χ1v) is 10.3. The summed E-state index contributed by atoms with van der Waals surface area (Å²) < 4.78 is 0. The Morgan fingerprint density at radius 3 is 2.54 bits per heavy atom. The van der Waals surface area contributed by atoms with Gasteiger partial charge in [-0.3, -0.25) is 4.79 Å². The van der Waals surface area contributed by atoms with Crippen molar-refractivity contribution in [3.63, 3.8) is 0 Å². The van der Waals surface area contributed by atoms with E-state index >= 15 is 0 Å². The molecular weight excluding hydrogens is 360 g/mol. The van der Waals surface area contributed by atoms with Crippen LogP contribution in [0.4, 0.5) is 0 Å². The first-order valence-electron chi connectivity index (χ1n) is 10.3. The zero-order chi connectivity index (χ0) is 20.7. The summed E-state index contributed by atoms with van der Waals surface area (Å²) in [6.07, 6.45) is 4.53. The van der Waals surface area contributed by atoms with Gasteiger partial charge in [0, 0.05) is 16.7 Å². The van der Waals surface area contributed by atoms with Crippen molar-refractivity contribution in [2.75, 3.05) is 6.61 Å². The van der Waals surface area contributed by atoms with E-state index in [-0.39, 0.29) is 23.5 Å². The lowest BCUT2D eigenvalue weighted by molar-refractivity contribution is -0.212. The number of hydrogen-bond donors (Lipinski definition) is 5. The number of rotatable bonds is 2. The van der Waals surface area contributed by atoms with E-state index in [4.69, 9.17) is 0 Å². The van der Waals surface area contributed by atoms with Crippen molar-refractivity contribution in [3.05, 3.63) is 23.8 Å². The van der Waals surface area contributed by atoms with Crippen LogP contribution >= 0.6 is 0 Å². The highest BCUT2D eigenvalue weighted by molar-refractivity contribution is 6.01. The minimum Gasteiger partial charge on any atom is -0.394 e. The average Bonchev–Trinajstić information content (AvgIpc) is 2.87. The van der Waals surface area contributed by atoms with E-state index in [1.54, 1.807) is 6.92 Å². The second-order valence-electron chi connectivity index (χ2n) is 10.2. The highest BCUT2D eigenvalue weighted by Crippen LogP contribution is 2.68. The third-order valence-corrected chi connectivity index (χ3v) is 8.76. The van der Waals surface area contributed by atoms with Crippen molar-refractivity contribution < 1.29 is 30.3 Å². The van der Waals surface area contributed by atoms with Crippen LogP contribution in [-0.2, 0) is 4.79 Å². The normalized spacial score (nSPS) is 53.9. The number of aliphatic hydroxyl groups excluding tert-OH is 3. The van der Waals surface area contributed by atoms with Crippen LogP contribution < -0.4 is 0 Å². The summed E-state index contributed by atoms with van der Waals surface area (Å²) >= 11 is 0. The Bertz CT molecular complexity index is 756. The minimum absolute atomic E-state index is 0.0111. The maximum Gasteiger partial charge on any atom is 0.178 e. The van der Waals surface area contributed by atoms with Crippen LogP contribution in [0.25, 0.3) is 0 Å². The molecule has 0 radical (unpaired) electrons. The lowest BCUT2D eigenvalue weighted by Crippen LogP contribution is -2.65. The van der Waals surface area contributed by atoms with Crippen molar-refractivity contribution in [2.45, 2.75) is 69.9 Å². The van der Waals surface area contributed by atoms with Crippen molar-refractivity contribution in [3.8, 4) is 0 Å². The van der Waals surface area contributed by atoms with Gasteiger partial charge < -0.3 is 25.5 Å². The fourth-order valence-corrected chi connectivity index (χ4v) is 7.51. The van der Waals surface area contributed by atoms with Gasteiger partial charge in [0.25, 0.3) is 0 Å². The molecule has 3 saturated carbocycles. The summed E-state index contributed by atoms with van der Waals surface area (Å²) in [4.78, 5) is 12.0. The van der Waals surface area contributed by atoms with Crippen molar-refractivity contribution in [1.29, 1.82) is 0 Å². The molecule has 0 spiro atoms. The third-order valence-electron chi connectivity index (χ3n) is 8.76. The van der Waals surface area contributed by atoms with Gasteiger partial charge in [-0.15, -0.1) is 0 Å². The van der Waals surface area contributed by atoms with E-state index in [1.165, 1.54) is 12.2 Å². The molecule has 4 aliphatic rings. The van der Waals surface area contributed by atoms with Crippen LogP contribution in [0, 0.1) is 28.6 Å². The maximum absolute atomic E-state index is 12.0. The Balaban J connectivity index is 1.81. The van der Waals surface area contributed by atoms with E-state index in [2.05, 4.69) is 0 Å². The van der Waals surface area contributed by atoms with Gasteiger partial charge in [0.05, 0.1) is 23.9 Å². The van der Waals surface area contributed by atoms with Gasteiger partial charge in [-0.05, 0) is 62.2 Å². The molecule has 6 nitrogen and oxygen atoms in total. The van der Waals surface area contributed by atoms with Crippen LogP contribution in [0.15, 0.2) is 23.8 Å². The van der Waals surface area contributed by atoms with Crippen molar-refractivity contribution >= 4 is 5.78 Å². The molecule has 6 heteroatoms. The smallest absolute Gasteiger partial charge is 0.178 e. The summed E-state index contributed by atoms with van der Waals surface area (Å²) in [5.41, 5.74) is -3.42. The lowest BCUT2D eigenvalue weighted by atomic mass is 9.44. The number of ketones is 1. The monoisotopic (exact) mass is 392 g/mol. The highest BCUT2D eigenvalue weighted by Gasteiger charge is 2.69. The zero-order valence-corrected chi connectivity index (χ0v) is 16.8. The van der Waals surface area contributed by atoms with Gasteiger partial charge in [-0.2, -0.15) is 0 Å². The van der Waals surface area contributed by atoms with Gasteiger partial charge in [-0.1, -0.05) is 19.9 Å². The van der Waals surface area contributed by atoms with Gasteiger partial charge in [0.2, 0.25) is 0 Å². The standard InChI is InChI=1S/C22H32O6/c1-19-6-4-12(24)8-16(19)21(3,27)9-13-14-5-7-22(28,17(26)11-23)20(14,2)10-15(25)18(13)19/h4,6,8,13-15,17-18,23,25-28H,5,7,9-11H2,1-3H3/t13-,14-,15-,17+,18+,19-,20-,21+,22-/m0/s1. The quantitative estimate of drug-likeness (QED) is 0.472. The molecule has 28 heavy (non-hydrogen) atoms. The van der Waals surface area contributed by atoms with Crippen LogP contribution in [0.2, 0.25) is 0 Å². The molecule has 0 unspecified atom stereocenters. The molecule has 0 aliphatic heterocycles. The van der Waals surface area contributed by atoms with Gasteiger partial charge in [-0.25, -0.2) is 0 Å². The molecule has 156 valence electrons. The maximum atomic E-state index is 12.0. The number of aliphatic hydroxyl groups is 5. The van der Waals surface area contributed by atoms with Gasteiger partial charge >= 0.3 is 0 Å². The predicted molar refractivity (Wildman–Crippen MR) is 102 cm³/mol. The summed E-state index contributed by atoms with van der Waals surface area (Å²) in [6, 6.07) is 0. The number of carbonyl (C=O) groups is 1. The van der Waals surface area contributed by atoms with Crippen molar-refractivity contribution in [1.82, 2.24) is 0 Å². The second kappa shape index (κ2) is 5.99. The van der Waals surface area contributed by atoms with Crippen LogP contribution in [0.5, 0.6) is 0 Å². The lowest BCUT2D eigenvalue weighted by Gasteiger charge is -2.62. The molecule has 0 amide bonds. The predicted octanol–water partition coefficient (Wildman–Crippen LogP) is 0.710. The molecule has 4 aliphatic carbocycles. The first kappa shape index (κ1) is 20.2. The number of allylic oxidation sites excluding steroid dienone is 3. The summed E-state index contributed by atoms with van der Waals surface area (Å²) in [5, 5.41) is 53.8. The molecule has 4 rings (SSSR count). The fourth-order valence-electron chi connectivity index (χ4n) is 7.51. The van der Waals surface area contributed by atoms with E-state index in [1.807, 2.05) is 19.9 Å². The Morgan fingerprint density at radius 2 is 1.89 bits per heavy atom. The molecule has 0 saturated heterocycles. The Kier molecular flexibility index (Phi) is 4.33. The molecule has 0 bridgehead atoms. The Labute approximate surface area is 165 Å².